The van der Waals surface area contributed by atoms with Crippen LogP contribution in [-0.4, -0.2) is 37.2 Å². The highest BCUT2D eigenvalue weighted by molar-refractivity contribution is 5.71. The molecule has 0 N–H and O–H groups in total. The van der Waals surface area contributed by atoms with Crippen molar-refractivity contribution in [1.29, 1.82) is 0 Å². The molecular formula is C63H108O6. The summed E-state index contributed by atoms with van der Waals surface area (Å²) in [5.74, 6) is -0.956. The monoisotopic (exact) mass is 961 g/mol. The van der Waals surface area contributed by atoms with E-state index in [4.69, 9.17) is 14.2 Å². The number of carbonyl (C=O) groups is 3. The number of ether oxygens (including phenoxy) is 3. The lowest BCUT2D eigenvalue weighted by Gasteiger charge is -2.18. The Kier molecular flexibility index (Phi) is 54.3. The van der Waals surface area contributed by atoms with Gasteiger partial charge in [-0.15, -0.1) is 0 Å². The Labute approximate surface area is 426 Å². The molecule has 0 saturated carbocycles. The third-order valence-corrected chi connectivity index (χ3v) is 12.4. The van der Waals surface area contributed by atoms with Crippen LogP contribution in [0.3, 0.4) is 0 Å². The first-order valence-electron chi connectivity index (χ1n) is 29.1. The van der Waals surface area contributed by atoms with Gasteiger partial charge in [0, 0.05) is 19.3 Å². The van der Waals surface area contributed by atoms with E-state index in [2.05, 4.69) is 106 Å². The summed E-state index contributed by atoms with van der Waals surface area (Å²) in [7, 11) is 0. The SMILES string of the molecule is CC/C=C/C/C=C/C/C=C/C/C=C/C/C=C/CCCC(=O)OC[C@@H](COC(=O)CCCCCCCCCCCCCCCCCCC)OC(=O)CCCCCCCCC/C=C/C/C=C/CCCCC. The largest absolute Gasteiger partial charge is 0.462 e. The molecule has 0 saturated heterocycles. The molecule has 0 radical (unpaired) electrons. The van der Waals surface area contributed by atoms with E-state index >= 15 is 0 Å². The molecule has 0 aromatic rings. The molecule has 0 unspecified atom stereocenters. The van der Waals surface area contributed by atoms with Crippen molar-refractivity contribution in [2.24, 2.45) is 0 Å². The summed E-state index contributed by atoms with van der Waals surface area (Å²) in [4.78, 5) is 38.2. The van der Waals surface area contributed by atoms with Crippen LogP contribution in [0, 0.1) is 0 Å². The molecular weight excluding hydrogens is 853 g/mol. The van der Waals surface area contributed by atoms with Gasteiger partial charge in [0.05, 0.1) is 0 Å². The summed E-state index contributed by atoms with van der Waals surface area (Å²) < 4.78 is 16.8. The van der Waals surface area contributed by atoms with Gasteiger partial charge in [-0.25, -0.2) is 0 Å². The van der Waals surface area contributed by atoms with E-state index in [9.17, 15) is 14.4 Å². The zero-order valence-corrected chi connectivity index (χ0v) is 45.3. The first-order valence-corrected chi connectivity index (χ1v) is 29.1. The van der Waals surface area contributed by atoms with Gasteiger partial charge < -0.3 is 14.2 Å². The molecule has 0 aliphatic carbocycles. The predicted octanol–water partition coefficient (Wildman–Crippen LogP) is 19.5. The zero-order chi connectivity index (χ0) is 50.0. The molecule has 0 heterocycles. The van der Waals surface area contributed by atoms with E-state index in [1.54, 1.807) is 0 Å². The van der Waals surface area contributed by atoms with Crippen molar-refractivity contribution >= 4 is 17.9 Å². The third kappa shape index (κ3) is 55.4. The molecule has 0 spiro atoms. The molecule has 0 bridgehead atoms. The van der Waals surface area contributed by atoms with Gasteiger partial charge in [0.2, 0.25) is 0 Å². The minimum atomic E-state index is -0.803. The van der Waals surface area contributed by atoms with E-state index in [0.717, 1.165) is 89.9 Å². The van der Waals surface area contributed by atoms with Crippen molar-refractivity contribution in [2.75, 3.05) is 13.2 Å². The number of allylic oxidation sites excluding steroid dienone is 14. The lowest BCUT2D eigenvalue weighted by atomic mass is 10.0. The standard InChI is InChI=1S/C63H108O6/c1-4-7-10-13-16-19-22-25-28-31-34-37-40-43-46-49-52-55-61(64)67-58-60(69-63(66)57-54-51-48-45-42-39-36-33-30-27-24-21-18-15-12-9-6-3)59-68-62(65)56-53-50-47-44-41-38-35-32-29-26-23-20-17-14-11-8-5-2/h7,10,16,18-19,21,25,27-28,30,34,37,43,46,60H,4-6,8-9,11-15,17,20,22-24,26,29,31-33,35-36,38-42,44-45,47-59H2,1-3H3/b10-7+,19-16+,21-18+,28-25+,30-27+,37-34+,46-43+/t60-/m0/s1. The maximum absolute atomic E-state index is 12.9. The van der Waals surface area contributed by atoms with Crippen molar-refractivity contribution in [3.8, 4) is 0 Å². The van der Waals surface area contributed by atoms with E-state index in [-0.39, 0.29) is 37.5 Å². The van der Waals surface area contributed by atoms with E-state index in [0.29, 0.717) is 19.3 Å². The number of hydrogen-bond donors (Lipinski definition) is 0. The normalized spacial score (nSPS) is 12.7. The van der Waals surface area contributed by atoms with Gasteiger partial charge in [-0.1, -0.05) is 254 Å². The van der Waals surface area contributed by atoms with Crippen molar-refractivity contribution in [3.63, 3.8) is 0 Å². The van der Waals surface area contributed by atoms with Crippen LogP contribution in [0.25, 0.3) is 0 Å². The average Bonchev–Trinajstić information content (AvgIpc) is 3.35. The Hall–Kier alpha value is -3.41. The zero-order valence-electron chi connectivity index (χ0n) is 45.3. The average molecular weight is 962 g/mol. The molecule has 0 rings (SSSR count). The molecule has 0 aliphatic heterocycles. The van der Waals surface area contributed by atoms with Gasteiger partial charge in [0.15, 0.2) is 6.10 Å². The fourth-order valence-corrected chi connectivity index (χ4v) is 8.04. The molecule has 0 aromatic carbocycles. The predicted molar refractivity (Wildman–Crippen MR) is 297 cm³/mol. The Morgan fingerprint density at radius 3 is 0.971 bits per heavy atom. The fourth-order valence-electron chi connectivity index (χ4n) is 8.04. The first-order chi connectivity index (χ1) is 34.0. The molecule has 0 aromatic heterocycles. The minimum Gasteiger partial charge on any atom is -0.462 e. The molecule has 69 heavy (non-hydrogen) atoms. The van der Waals surface area contributed by atoms with Gasteiger partial charge in [-0.2, -0.15) is 0 Å². The minimum absolute atomic E-state index is 0.0955. The maximum Gasteiger partial charge on any atom is 0.306 e. The topological polar surface area (TPSA) is 78.9 Å². The molecule has 0 fully saturated rings. The molecule has 1 atom stereocenters. The smallest absolute Gasteiger partial charge is 0.306 e. The highest BCUT2D eigenvalue weighted by Crippen LogP contribution is 2.16. The van der Waals surface area contributed by atoms with Crippen LogP contribution in [0.15, 0.2) is 85.1 Å². The highest BCUT2D eigenvalue weighted by Gasteiger charge is 2.19. The molecule has 0 amide bonds. The van der Waals surface area contributed by atoms with Crippen LogP contribution in [0.4, 0.5) is 0 Å². The van der Waals surface area contributed by atoms with E-state index in [1.807, 2.05) is 0 Å². The van der Waals surface area contributed by atoms with E-state index in [1.165, 1.54) is 141 Å². The second-order valence-electron chi connectivity index (χ2n) is 19.2. The molecule has 0 aliphatic rings. The van der Waals surface area contributed by atoms with Gasteiger partial charge in [0.25, 0.3) is 0 Å². The number of carbonyl (C=O) groups excluding carboxylic acids is 3. The quantitative estimate of drug-likeness (QED) is 0.0262. The first kappa shape index (κ1) is 65.6. The lowest BCUT2D eigenvalue weighted by Crippen LogP contribution is -2.30. The molecule has 6 heteroatoms. The van der Waals surface area contributed by atoms with Crippen LogP contribution >= 0.6 is 0 Å². The lowest BCUT2D eigenvalue weighted by molar-refractivity contribution is -0.167. The number of esters is 3. The van der Waals surface area contributed by atoms with Crippen molar-refractivity contribution < 1.29 is 28.6 Å². The second-order valence-corrected chi connectivity index (χ2v) is 19.2. The fraction of sp³-hybridized carbons (Fsp3) is 0.730. The van der Waals surface area contributed by atoms with Crippen LogP contribution < -0.4 is 0 Å². The third-order valence-electron chi connectivity index (χ3n) is 12.4. The number of hydrogen-bond acceptors (Lipinski definition) is 6. The summed E-state index contributed by atoms with van der Waals surface area (Å²) in [6.07, 6.45) is 74.3. The molecule has 6 nitrogen and oxygen atoms in total. The summed E-state index contributed by atoms with van der Waals surface area (Å²) >= 11 is 0. The summed E-state index contributed by atoms with van der Waals surface area (Å²) in [6, 6.07) is 0. The second kappa shape index (κ2) is 57.2. The maximum atomic E-state index is 12.9. The Morgan fingerprint density at radius 1 is 0.304 bits per heavy atom. The van der Waals surface area contributed by atoms with Crippen LogP contribution in [0.1, 0.15) is 278 Å². The van der Waals surface area contributed by atoms with Gasteiger partial charge >= 0.3 is 17.9 Å². The van der Waals surface area contributed by atoms with Crippen molar-refractivity contribution in [3.05, 3.63) is 85.1 Å². The summed E-state index contributed by atoms with van der Waals surface area (Å²) in [5.41, 5.74) is 0. The van der Waals surface area contributed by atoms with Crippen molar-refractivity contribution in [1.82, 2.24) is 0 Å². The summed E-state index contributed by atoms with van der Waals surface area (Å²) in [6.45, 7) is 6.47. The van der Waals surface area contributed by atoms with Crippen LogP contribution in [-0.2, 0) is 28.6 Å². The van der Waals surface area contributed by atoms with Gasteiger partial charge in [-0.05, 0) is 89.9 Å². The van der Waals surface area contributed by atoms with Gasteiger partial charge in [-0.3, -0.25) is 14.4 Å². The number of unbranched alkanes of at least 4 members (excludes halogenated alkanes) is 27. The van der Waals surface area contributed by atoms with Gasteiger partial charge in [0.1, 0.15) is 13.2 Å². The highest BCUT2D eigenvalue weighted by atomic mass is 16.6. The van der Waals surface area contributed by atoms with Crippen molar-refractivity contribution in [2.45, 2.75) is 284 Å². The Balaban J connectivity index is 4.46. The molecule has 396 valence electrons. The van der Waals surface area contributed by atoms with Crippen LogP contribution in [0.5, 0.6) is 0 Å². The Morgan fingerprint density at radius 2 is 0.580 bits per heavy atom. The Bertz CT molecular complexity index is 1330. The van der Waals surface area contributed by atoms with Crippen LogP contribution in [0.2, 0.25) is 0 Å². The summed E-state index contributed by atoms with van der Waals surface area (Å²) in [5, 5.41) is 0. The van der Waals surface area contributed by atoms with E-state index < -0.39 is 6.10 Å². The number of rotatable bonds is 52.